The number of pyridine rings is 1. The van der Waals surface area contributed by atoms with E-state index in [0.717, 1.165) is 11.0 Å². The zero-order chi connectivity index (χ0) is 17.9. The quantitative estimate of drug-likeness (QED) is 0.590. The Hall–Kier alpha value is -3.74. The lowest BCUT2D eigenvalue weighted by molar-refractivity contribution is 0.101. The van der Waals surface area contributed by atoms with Crippen molar-refractivity contribution < 1.29 is 9.18 Å². The van der Waals surface area contributed by atoms with Crippen molar-refractivity contribution in [2.75, 3.05) is 10.7 Å². The maximum atomic E-state index is 13.9. The summed E-state index contributed by atoms with van der Waals surface area (Å²) in [4.78, 5) is 21.1. The molecule has 0 saturated carbocycles. The third-order valence-electron chi connectivity index (χ3n) is 3.85. The molecule has 7 heteroatoms. The van der Waals surface area contributed by atoms with E-state index in [1.54, 1.807) is 30.3 Å². The lowest BCUT2D eigenvalue weighted by atomic mass is 10.2. The molecule has 0 aliphatic heterocycles. The average molecular weight is 347 g/mol. The molecule has 0 spiro atoms. The number of amides is 1. The molecule has 0 unspecified atom stereocenters. The number of hydrogen-bond donors (Lipinski definition) is 2. The summed E-state index contributed by atoms with van der Waals surface area (Å²) in [6, 6.07) is 16.9. The summed E-state index contributed by atoms with van der Waals surface area (Å²) in [5.74, 6) is -0.551. The van der Waals surface area contributed by atoms with Gasteiger partial charge in [-0.05, 0) is 36.4 Å². The van der Waals surface area contributed by atoms with Crippen molar-refractivity contribution in [2.24, 2.45) is 0 Å². The first-order chi connectivity index (χ1) is 12.7. The Morgan fingerprint density at radius 1 is 0.962 bits per heavy atom. The van der Waals surface area contributed by atoms with Gasteiger partial charge in [0.25, 0.3) is 5.91 Å². The summed E-state index contributed by atoms with van der Waals surface area (Å²) in [6.07, 6.45) is 3.06. The second-order valence-corrected chi connectivity index (χ2v) is 5.55. The second kappa shape index (κ2) is 6.64. The molecule has 1 amide bonds. The fourth-order valence-electron chi connectivity index (χ4n) is 2.60. The van der Waals surface area contributed by atoms with Gasteiger partial charge in [-0.1, -0.05) is 24.3 Å². The monoisotopic (exact) mass is 347 g/mol. The molecule has 2 heterocycles. The van der Waals surface area contributed by atoms with Gasteiger partial charge in [-0.25, -0.2) is 19.0 Å². The third kappa shape index (κ3) is 2.98. The van der Waals surface area contributed by atoms with Crippen LogP contribution in [0.2, 0.25) is 0 Å². The Morgan fingerprint density at radius 3 is 2.65 bits per heavy atom. The van der Waals surface area contributed by atoms with Crippen LogP contribution < -0.4 is 10.7 Å². The fraction of sp³-hybridized carbons (Fsp3) is 0. The molecule has 4 rings (SSSR count). The van der Waals surface area contributed by atoms with Crippen molar-refractivity contribution in [3.05, 3.63) is 84.6 Å². The first-order valence-electron chi connectivity index (χ1n) is 7.92. The number of aromatic nitrogens is 3. The van der Waals surface area contributed by atoms with Crippen LogP contribution in [0.3, 0.4) is 0 Å². The Balaban J connectivity index is 1.63. The van der Waals surface area contributed by atoms with Crippen molar-refractivity contribution in [1.82, 2.24) is 14.6 Å². The zero-order valence-corrected chi connectivity index (χ0v) is 13.6. The number of nitrogens with one attached hydrogen (secondary N) is 2. The van der Waals surface area contributed by atoms with Gasteiger partial charge in [-0.2, -0.15) is 0 Å². The van der Waals surface area contributed by atoms with Gasteiger partial charge >= 0.3 is 0 Å². The number of nitrogens with zero attached hydrogens (tertiary/aromatic N) is 3. The summed E-state index contributed by atoms with van der Waals surface area (Å²) >= 11 is 0. The topological polar surface area (TPSA) is 71.8 Å². The fourth-order valence-corrected chi connectivity index (χ4v) is 2.60. The lowest BCUT2D eigenvalue weighted by Gasteiger charge is -2.12. The van der Waals surface area contributed by atoms with Crippen LogP contribution in [0.1, 0.15) is 10.4 Å². The molecule has 0 aliphatic carbocycles. The van der Waals surface area contributed by atoms with Gasteiger partial charge in [-0.15, -0.1) is 0 Å². The minimum Gasteiger partial charge on any atom is -0.337 e. The molecule has 0 saturated heterocycles. The Kier molecular flexibility index (Phi) is 4.03. The molecule has 0 aliphatic rings. The van der Waals surface area contributed by atoms with E-state index < -0.39 is 5.82 Å². The summed E-state index contributed by atoms with van der Waals surface area (Å²) < 4.78 is 15.4. The molecule has 26 heavy (non-hydrogen) atoms. The highest BCUT2D eigenvalue weighted by molar-refractivity contribution is 6.04. The standard InChI is InChI=1S/C19H14FN5O/c20-14-7-1-2-8-15(14)23-18-13(6-5-11-21-18)19(26)24-25-12-22-16-9-3-4-10-17(16)25/h1-12H,(H,21,23)(H,24,26). The molecule has 4 aromatic rings. The summed E-state index contributed by atoms with van der Waals surface area (Å²) in [5.41, 5.74) is 4.83. The molecule has 2 aromatic carbocycles. The number of anilines is 2. The highest BCUT2D eigenvalue weighted by Gasteiger charge is 2.15. The van der Waals surface area contributed by atoms with Crippen molar-refractivity contribution in [3.63, 3.8) is 0 Å². The van der Waals surface area contributed by atoms with Crippen LogP contribution in [0.25, 0.3) is 11.0 Å². The van der Waals surface area contributed by atoms with Crippen LogP contribution >= 0.6 is 0 Å². The number of imidazole rings is 1. The number of carbonyl (C=O) groups is 1. The van der Waals surface area contributed by atoms with E-state index >= 15 is 0 Å². The van der Waals surface area contributed by atoms with E-state index in [1.807, 2.05) is 24.3 Å². The second-order valence-electron chi connectivity index (χ2n) is 5.55. The number of carbonyl (C=O) groups excluding carboxylic acids is 1. The number of hydrogen-bond acceptors (Lipinski definition) is 4. The average Bonchev–Trinajstić information content (AvgIpc) is 3.07. The molecular formula is C19H14FN5O. The van der Waals surface area contributed by atoms with Crippen LogP contribution in [0, 0.1) is 5.82 Å². The van der Waals surface area contributed by atoms with Crippen molar-refractivity contribution in [3.8, 4) is 0 Å². The number of rotatable bonds is 4. The highest BCUT2D eigenvalue weighted by Crippen LogP contribution is 2.21. The summed E-state index contributed by atoms with van der Waals surface area (Å²) in [5, 5.41) is 2.87. The molecule has 0 radical (unpaired) electrons. The number of benzene rings is 2. The van der Waals surface area contributed by atoms with E-state index in [2.05, 4.69) is 20.7 Å². The number of para-hydroxylation sites is 3. The Morgan fingerprint density at radius 2 is 1.77 bits per heavy atom. The van der Waals surface area contributed by atoms with E-state index in [9.17, 15) is 9.18 Å². The molecule has 6 nitrogen and oxygen atoms in total. The first kappa shape index (κ1) is 15.8. The summed E-state index contributed by atoms with van der Waals surface area (Å²) in [7, 11) is 0. The number of fused-ring (bicyclic) bond motifs is 1. The maximum absolute atomic E-state index is 13.9. The van der Waals surface area contributed by atoms with Gasteiger partial charge in [0.1, 0.15) is 18.0 Å². The minimum absolute atomic E-state index is 0.244. The van der Waals surface area contributed by atoms with Crippen LogP contribution in [-0.2, 0) is 0 Å². The molecule has 2 aromatic heterocycles. The lowest BCUT2D eigenvalue weighted by Crippen LogP contribution is -2.23. The molecule has 0 atom stereocenters. The molecule has 2 N–H and O–H groups in total. The van der Waals surface area contributed by atoms with Crippen molar-refractivity contribution >= 4 is 28.4 Å². The van der Waals surface area contributed by atoms with Crippen LogP contribution in [-0.4, -0.2) is 20.6 Å². The zero-order valence-electron chi connectivity index (χ0n) is 13.6. The van der Waals surface area contributed by atoms with Crippen LogP contribution in [0.4, 0.5) is 15.9 Å². The molecular weight excluding hydrogens is 333 g/mol. The van der Waals surface area contributed by atoms with Gasteiger partial charge in [0, 0.05) is 6.20 Å². The molecule has 128 valence electrons. The predicted molar refractivity (Wildman–Crippen MR) is 97.3 cm³/mol. The third-order valence-corrected chi connectivity index (χ3v) is 3.85. The van der Waals surface area contributed by atoms with Gasteiger partial charge in [0.05, 0.1) is 22.3 Å². The minimum atomic E-state index is -0.426. The predicted octanol–water partition coefficient (Wildman–Crippen LogP) is 3.70. The van der Waals surface area contributed by atoms with Gasteiger partial charge < -0.3 is 5.32 Å². The van der Waals surface area contributed by atoms with Gasteiger partial charge in [-0.3, -0.25) is 10.2 Å². The largest absolute Gasteiger partial charge is 0.337 e. The highest BCUT2D eigenvalue weighted by atomic mass is 19.1. The molecule has 0 fully saturated rings. The van der Waals surface area contributed by atoms with E-state index in [4.69, 9.17) is 0 Å². The maximum Gasteiger partial charge on any atom is 0.273 e. The van der Waals surface area contributed by atoms with Crippen molar-refractivity contribution in [2.45, 2.75) is 0 Å². The number of halogens is 1. The first-order valence-corrected chi connectivity index (χ1v) is 7.92. The Bertz CT molecular complexity index is 1090. The van der Waals surface area contributed by atoms with E-state index in [0.29, 0.717) is 0 Å². The van der Waals surface area contributed by atoms with E-state index in [1.165, 1.54) is 23.3 Å². The van der Waals surface area contributed by atoms with Crippen LogP contribution in [0.15, 0.2) is 73.2 Å². The van der Waals surface area contributed by atoms with Crippen LogP contribution in [0.5, 0.6) is 0 Å². The molecule has 0 bridgehead atoms. The van der Waals surface area contributed by atoms with Gasteiger partial charge in [0.2, 0.25) is 0 Å². The van der Waals surface area contributed by atoms with Gasteiger partial charge in [0.15, 0.2) is 0 Å². The smallest absolute Gasteiger partial charge is 0.273 e. The Labute approximate surface area is 148 Å². The SMILES string of the molecule is O=C(Nn1cnc2ccccc21)c1cccnc1Nc1ccccc1F. The summed E-state index contributed by atoms with van der Waals surface area (Å²) in [6.45, 7) is 0. The van der Waals surface area contributed by atoms with Crippen molar-refractivity contribution in [1.29, 1.82) is 0 Å². The normalized spacial score (nSPS) is 10.7. The van der Waals surface area contributed by atoms with E-state index in [-0.39, 0.29) is 23.0 Å².